The van der Waals surface area contributed by atoms with Crippen molar-refractivity contribution in [1.29, 1.82) is 0 Å². The molecule has 0 amide bonds. The SMILES string of the molecule is CC(C)C(CNC(c1ccccc1)C1CC1)C(C)C. The molecule has 1 atom stereocenters. The van der Waals surface area contributed by atoms with Gasteiger partial charge in [0.1, 0.15) is 0 Å². The van der Waals surface area contributed by atoms with E-state index in [0.717, 1.165) is 30.2 Å². The van der Waals surface area contributed by atoms with E-state index in [2.05, 4.69) is 63.3 Å². The van der Waals surface area contributed by atoms with Gasteiger partial charge >= 0.3 is 0 Å². The monoisotopic (exact) mass is 259 g/mol. The lowest BCUT2D eigenvalue weighted by Crippen LogP contribution is -2.33. The summed E-state index contributed by atoms with van der Waals surface area (Å²) in [6.45, 7) is 10.5. The Morgan fingerprint density at radius 3 is 2.05 bits per heavy atom. The molecular weight excluding hydrogens is 230 g/mol. The van der Waals surface area contributed by atoms with Gasteiger partial charge in [0.15, 0.2) is 0 Å². The summed E-state index contributed by atoms with van der Waals surface area (Å²) in [7, 11) is 0. The molecular formula is C18H29N. The molecule has 1 heteroatoms. The fraction of sp³-hybridized carbons (Fsp3) is 0.667. The van der Waals surface area contributed by atoms with E-state index in [0.29, 0.717) is 6.04 Å². The van der Waals surface area contributed by atoms with E-state index >= 15 is 0 Å². The number of benzene rings is 1. The van der Waals surface area contributed by atoms with Crippen molar-refractivity contribution in [2.45, 2.75) is 46.6 Å². The van der Waals surface area contributed by atoms with Crippen LogP contribution in [0.1, 0.15) is 52.1 Å². The molecule has 0 spiro atoms. The summed E-state index contributed by atoms with van der Waals surface area (Å²) >= 11 is 0. The van der Waals surface area contributed by atoms with Gasteiger partial charge in [0.05, 0.1) is 0 Å². The Morgan fingerprint density at radius 2 is 1.58 bits per heavy atom. The summed E-state index contributed by atoms with van der Waals surface area (Å²) < 4.78 is 0. The van der Waals surface area contributed by atoms with E-state index in [1.54, 1.807) is 0 Å². The molecule has 1 aromatic carbocycles. The maximum absolute atomic E-state index is 3.86. The van der Waals surface area contributed by atoms with Crippen LogP contribution in [0.3, 0.4) is 0 Å². The van der Waals surface area contributed by atoms with E-state index in [9.17, 15) is 0 Å². The topological polar surface area (TPSA) is 12.0 Å². The van der Waals surface area contributed by atoms with Crippen molar-refractivity contribution in [1.82, 2.24) is 5.32 Å². The third kappa shape index (κ3) is 4.07. The first kappa shape index (κ1) is 14.6. The van der Waals surface area contributed by atoms with Crippen molar-refractivity contribution >= 4 is 0 Å². The number of hydrogen-bond donors (Lipinski definition) is 1. The lowest BCUT2D eigenvalue weighted by molar-refractivity contribution is 0.261. The lowest BCUT2D eigenvalue weighted by Gasteiger charge is -2.28. The van der Waals surface area contributed by atoms with Crippen molar-refractivity contribution in [2.24, 2.45) is 23.7 Å². The predicted molar refractivity (Wildman–Crippen MR) is 83.1 cm³/mol. The maximum Gasteiger partial charge on any atom is 0.0348 e. The average Bonchev–Trinajstić information content (AvgIpc) is 3.19. The highest BCUT2D eigenvalue weighted by molar-refractivity contribution is 5.21. The zero-order chi connectivity index (χ0) is 13.8. The number of hydrogen-bond acceptors (Lipinski definition) is 1. The molecule has 1 aliphatic rings. The molecule has 0 radical (unpaired) electrons. The van der Waals surface area contributed by atoms with Crippen LogP contribution < -0.4 is 5.32 Å². The van der Waals surface area contributed by atoms with Gasteiger partial charge in [-0.15, -0.1) is 0 Å². The van der Waals surface area contributed by atoms with E-state index in [1.165, 1.54) is 18.4 Å². The first-order valence-electron chi connectivity index (χ1n) is 7.88. The molecule has 0 aliphatic heterocycles. The average molecular weight is 259 g/mol. The second-order valence-electron chi connectivity index (χ2n) is 6.79. The molecule has 0 saturated heterocycles. The Kier molecular flexibility index (Phi) is 5.04. The second kappa shape index (κ2) is 6.56. The van der Waals surface area contributed by atoms with Gasteiger partial charge in [0, 0.05) is 6.04 Å². The summed E-state index contributed by atoms with van der Waals surface area (Å²) in [5, 5.41) is 3.86. The summed E-state index contributed by atoms with van der Waals surface area (Å²) in [4.78, 5) is 0. The molecule has 0 heterocycles. The summed E-state index contributed by atoms with van der Waals surface area (Å²) in [6.07, 6.45) is 2.78. The van der Waals surface area contributed by atoms with Crippen LogP contribution in [0.2, 0.25) is 0 Å². The maximum atomic E-state index is 3.86. The van der Waals surface area contributed by atoms with Crippen molar-refractivity contribution < 1.29 is 0 Å². The fourth-order valence-electron chi connectivity index (χ4n) is 3.15. The summed E-state index contributed by atoms with van der Waals surface area (Å²) in [5.74, 6) is 3.14. The van der Waals surface area contributed by atoms with Crippen molar-refractivity contribution in [2.75, 3.05) is 6.54 Å². The molecule has 106 valence electrons. The van der Waals surface area contributed by atoms with Crippen LogP contribution in [0.15, 0.2) is 30.3 Å². The van der Waals surface area contributed by atoms with Crippen LogP contribution in [-0.2, 0) is 0 Å². The minimum absolute atomic E-state index is 0.571. The highest BCUT2D eigenvalue weighted by atomic mass is 14.9. The van der Waals surface area contributed by atoms with Crippen LogP contribution in [0.5, 0.6) is 0 Å². The van der Waals surface area contributed by atoms with Gasteiger partial charge in [-0.25, -0.2) is 0 Å². The Bertz CT molecular complexity index is 357. The molecule has 1 nitrogen and oxygen atoms in total. The van der Waals surface area contributed by atoms with Crippen LogP contribution >= 0.6 is 0 Å². The van der Waals surface area contributed by atoms with Gasteiger partial charge in [-0.1, -0.05) is 58.0 Å². The van der Waals surface area contributed by atoms with Gasteiger partial charge in [0.2, 0.25) is 0 Å². The highest BCUT2D eigenvalue weighted by Gasteiger charge is 2.32. The van der Waals surface area contributed by atoms with Crippen molar-refractivity contribution in [3.63, 3.8) is 0 Å². The minimum Gasteiger partial charge on any atom is -0.309 e. The standard InChI is InChI=1S/C18H29N/c1-13(2)17(14(3)4)12-19-18(16-10-11-16)15-8-6-5-7-9-15/h5-9,13-14,16-19H,10-12H2,1-4H3. The summed E-state index contributed by atoms with van der Waals surface area (Å²) in [6, 6.07) is 11.6. The van der Waals surface area contributed by atoms with Crippen LogP contribution in [0.4, 0.5) is 0 Å². The highest BCUT2D eigenvalue weighted by Crippen LogP contribution is 2.41. The van der Waals surface area contributed by atoms with E-state index in [4.69, 9.17) is 0 Å². The van der Waals surface area contributed by atoms with E-state index in [-0.39, 0.29) is 0 Å². The Hall–Kier alpha value is -0.820. The third-order valence-electron chi connectivity index (χ3n) is 4.54. The quantitative estimate of drug-likeness (QED) is 0.751. The Morgan fingerprint density at radius 1 is 1.00 bits per heavy atom. The van der Waals surface area contributed by atoms with E-state index in [1.807, 2.05) is 0 Å². The molecule has 1 N–H and O–H groups in total. The predicted octanol–water partition coefficient (Wildman–Crippen LogP) is 4.66. The largest absolute Gasteiger partial charge is 0.309 e. The van der Waals surface area contributed by atoms with Crippen molar-refractivity contribution in [3.05, 3.63) is 35.9 Å². The van der Waals surface area contributed by atoms with Crippen LogP contribution in [-0.4, -0.2) is 6.54 Å². The van der Waals surface area contributed by atoms with Crippen LogP contribution in [0, 0.1) is 23.7 Å². The summed E-state index contributed by atoms with van der Waals surface area (Å²) in [5.41, 5.74) is 1.47. The van der Waals surface area contributed by atoms with Gasteiger partial charge in [0.25, 0.3) is 0 Å². The normalized spacial score (nSPS) is 17.4. The third-order valence-corrected chi connectivity index (χ3v) is 4.54. The van der Waals surface area contributed by atoms with Crippen LogP contribution in [0.25, 0.3) is 0 Å². The molecule has 1 saturated carbocycles. The first-order chi connectivity index (χ1) is 9.09. The smallest absolute Gasteiger partial charge is 0.0348 e. The van der Waals surface area contributed by atoms with Gasteiger partial charge in [-0.3, -0.25) is 0 Å². The zero-order valence-electron chi connectivity index (χ0n) is 12.9. The lowest BCUT2D eigenvalue weighted by atomic mass is 9.85. The Labute approximate surface area is 118 Å². The second-order valence-corrected chi connectivity index (χ2v) is 6.79. The molecule has 1 aromatic rings. The molecule has 1 fully saturated rings. The molecule has 1 aliphatic carbocycles. The molecule has 19 heavy (non-hydrogen) atoms. The van der Waals surface area contributed by atoms with E-state index < -0.39 is 0 Å². The van der Waals surface area contributed by atoms with Gasteiger partial charge in [-0.2, -0.15) is 0 Å². The van der Waals surface area contributed by atoms with Gasteiger partial charge < -0.3 is 5.32 Å². The number of nitrogens with one attached hydrogen (secondary N) is 1. The molecule has 0 aromatic heterocycles. The number of rotatable bonds is 7. The molecule has 1 unspecified atom stereocenters. The first-order valence-corrected chi connectivity index (χ1v) is 7.88. The Balaban J connectivity index is 1.98. The fourth-order valence-corrected chi connectivity index (χ4v) is 3.15. The van der Waals surface area contributed by atoms with Gasteiger partial charge in [-0.05, 0) is 48.6 Å². The van der Waals surface area contributed by atoms with Crippen molar-refractivity contribution in [3.8, 4) is 0 Å². The molecule has 0 bridgehead atoms. The minimum atomic E-state index is 0.571. The molecule has 2 rings (SSSR count). The zero-order valence-corrected chi connectivity index (χ0v) is 12.9.